The predicted molar refractivity (Wildman–Crippen MR) is 96.5 cm³/mol. The Morgan fingerprint density at radius 2 is 2.12 bits per heavy atom. The molecular weight excluding hydrogens is 348 g/mol. The van der Waals surface area contributed by atoms with Crippen LogP contribution in [0.15, 0.2) is 53.8 Å². The van der Waals surface area contributed by atoms with Crippen molar-refractivity contribution >= 4 is 29.4 Å². The van der Waals surface area contributed by atoms with Crippen LogP contribution < -0.4 is 5.73 Å². The minimum atomic E-state index is -0.617. The summed E-state index contributed by atoms with van der Waals surface area (Å²) in [6.45, 7) is 6.11. The summed E-state index contributed by atoms with van der Waals surface area (Å²) in [5.41, 5.74) is 5.31. The molecule has 1 heterocycles. The summed E-state index contributed by atoms with van der Waals surface area (Å²) < 4.78 is 5.07. The Morgan fingerprint density at radius 1 is 1.44 bits per heavy atom. The molecule has 0 bridgehead atoms. The van der Waals surface area contributed by atoms with Crippen molar-refractivity contribution in [1.29, 1.82) is 0 Å². The molecule has 2 rings (SSSR count). The number of aliphatic imine (C=N–C) groups is 1. The van der Waals surface area contributed by atoms with E-state index >= 15 is 0 Å². The van der Waals surface area contributed by atoms with Crippen LogP contribution in [0.25, 0.3) is 0 Å². The maximum absolute atomic E-state index is 10.9. The lowest BCUT2D eigenvalue weighted by atomic mass is 10.3. The van der Waals surface area contributed by atoms with Crippen LogP contribution in [-0.2, 0) is 9.53 Å². The first-order valence-corrected chi connectivity index (χ1v) is 7.70. The van der Waals surface area contributed by atoms with E-state index < -0.39 is 4.92 Å². The number of amides is 1. The lowest BCUT2D eigenvalue weighted by Gasteiger charge is -2.25. The van der Waals surface area contributed by atoms with E-state index in [1.165, 1.54) is 6.08 Å². The number of ether oxygens (including phenoxy) is 1. The van der Waals surface area contributed by atoms with E-state index in [0.29, 0.717) is 37.0 Å². The highest BCUT2D eigenvalue weighted by molar-refractivity contribution is 6.30. The lowest BCUT2D eigenvalue weighted by Crippen LogP contribution is -2.39. The zero-order valence-corrected chi connectivity index (χ0v) is 14.3. The number of nitrogens with zero attached hydrogens (tertiary/aromatic N) is 3. The summed E-state index contributed by atoms with van der Waals surface area (Å²) >= 11 is 5.71. The molecule has 0 saturated carbocycles. The van der Waals surface area contributed by atoms with Crippen molar-refractivity contribution in [3.05, 3.63) is 64.0 Å². The van der Waals surface area contributed by atoms with Gasteiger partial charge in [0.2, 0.25) is 5.91 Å². The summed E-state index contributed by atoms with van der Waals surface area (Å²) in [7, 11) is 0. The van der Waals surface area contributed by atoms with E-state index in [4.69, 9.17) is 22.1 Å². The van der Waals surface area contributed by atoms with Crippen molar-refractivity contribution in [2.24, 2.45) is 10.7 Å². The highest BCUT2D eigenvalue weighted by Crippen LogP contribution is 2.17. The average Bonchev–Trinajstić information content (AvgIpc) is 2.62. The van der Waals surface area contributed by atoms with E-state index in [9.17, 15) is 14.9 Å². The number of rotatable bonds is 4. The maximum Gasteiger partial charge on any atom is 0.302 e. The zero-order chi connectivity index (χ0) is 18.7. The third-order valence-corrected chi connectivity index (χ3v) is 3.27. The number of morpholine rings is 1. The van der Waals surface area contributed by atoms with E-state index in [2.05, 4.69) is 11.6 Å². The number of nitrogens with two attached hydrogens (primary N) is 1. The molecular formula is C16H19ClN4O4. The second kappa shape index (κ2) is 11.0. The average molecular weight is 367 g/mol. The fourth-order valence-corrected chi connectivity index (χ4v) is 1.95. The zero-order valence-electron chi connectivity index (χ0n) is 13.5. The first-order valence-electron chi connectivity index (χ1n) is 7.33. The topological polar surface area (TPSA) is 111 Å². The van der Waals surface area contributed by atoms with Crippen LogP contribution in [0.3, 0.4) is 0 Å². The van der Waals surface area contributed by atoms with Gasteiger partial charge in [-0.05, 0) is 24.3 Å². The summed E-state index contributed by atoms with van der Waals surface area (Å²) in [5.74, 6) is 0.00306. The fourth-order valence-electron chi connectivity index (χ4n) is 1.76. The van der Waals surface area contributed by atoms with Crippen molar-refractivity contribution < 1.29 is 14.5 Å². The van der Waals surface area contributed by atoms with Gasteiger partial charge in [0.25, 0.3) is 0 Å². The molecule has 1 saturated heterocycles. The molecule has 1 amide bonds. The monoisotopic (exact) mass is 366 g/mol. The Hall–Kier alpha value is -2.71. The molecule has 8 nitrogen and oxygen atoms in total. The Morgan fingerprint density at radius 3 is 2.64 bits per heavy atom. The SMILES string of the molecule is C=CC(=O)N1CCOCC1.N/C=C(\C=Nc1cccc(Cl)c1)[N+](=O)[O-]. The van der Waals surface area contributed by atoms with Gasteiger partial charge in [-0.1, -0.05) is 24.2 Å². The molecule has 2 N–H and O–H groups in total. The molecule has 0 radical (unpaired) electrons. The van der Waals surface area contributed by atoms with Crippen LogP contribution in [0.5, 0.6) is 0 Å². The van der Waals surface area contributed by atoms with Gasteiger partial charge in [0, 0.05) is 18.1 Å². The number of carbonyl (C=O) groups is 1. The molecule has 0 atom stereocenters. The van der Waals surface area contributed by atoms with Crippen LogP contribution in [-0.4, -0.2) is 48.2 Å². The number of benzene rings is 1. The molecule has 0 aromatic heterocycles. The summed E-state index contributed by atoms with van der Waals surface area (Å²) in [6, 6.07) is 6.66. The molecule has 0 spiro atoms. The maximum atomic E-state index is 10.9. The van der Waals surface area contributed by atoms with E-state index in [1.807, 2.05) is 0 Å². The minimum Gasteiger partial charge on any atom is -0.399 e. The predicted octanol–water partition coefficient (Wildman–Crippen LogP) is 2.15. The molecule has 1 aliphatic rings. The van der Waals surface area contributed by atoms with Gasteiger partial charge >= 0.3 is 5.70 Å². The summed E-state index contributed by atoms with van der Waals surface area (Å²) in [5, 5.41) is 10.9. The number of nitro groups is 1. The molecule has 0 aliphatic carbocycles. The number of halogens is 1. The van der Waals surface area contributed by atoms with Gasteiger partial charge in [0.05, 0.1) is 30.0 Å². The molecule has 25 heavy (non-hydrogen) atoms. The van der Waals surface area contributed by atoms with Crippen LogP contribution >= 0.6 is 11.6 Å². The summed E-state index contributed by atoms with van der Waals surface area (Å²) in [4.78, 5) is 26.3. The van der Waals surface area contributed by atoms with Crippen LogP contribution in [0, 0.1) is 10.1 Å². The Labute approximate surface area is 150 Å². The van der Waals surface area contributed by atoms with E-state index in [0.717, 1.165) is 12.4 Å². The molecule has 1 aromatic carbocycles. The van der Waals surface area contributed by atoms with Gasteiger partial charge in [-0.25, -0.2) is 4.99 Å². The van der Waals surface area contributed by atoms with Gasteiger partial charge < -0.3 is 15.4 Å². The van der Waals surface area contributed by atoms with Gasteiger partial charge in [0.1, 0.15) is 6.21 Å². The largest absolute Gasteiger partial charge is 0.399 e. The van der Waals surface area contributed by atoms with Gasteiger partial charge in [-0.3, -0.25) is 14.9 Å². The lowest BCUT2D eigenvalue weighted by molar-refractivity contribution is -0.414. The Balaban J connectivity index is 0.000000271. The molecule has 0 unspecified atom stereocenters. The third-order valence-electron chi connectivity index (χ3n) is 3.03. The van der Waals surface area contributed by atoms with Crippen LogP contribution in [0.2, 0.25) is 5.02 Å². The number of hydrogen-bond acceptors (Lipinski definition) is 6. The summed E-state index contributed by atoms with van der Waals surface area (Å²) in [6.07, 6.45) is 3.30. The molecule has 9 heteroatoms. The molecule has 134 valence electrons. The molecule has 1 fully saturated rings. The van der Waals surface area contributed by atoms with Crippen molar-refractivity contribution in [1.82, 2.24) is 4.90 Å². The van der Waals surface area contributed by atoms with Gasteiger partial charge in [-0.2, -0.15) is 0 Å². The van der Waals surface area contributed by atoms with Crippen molar-refractivity contribution in [2.45, 2.75) is 0 Å². The minimum absolute atomic E-state index is 0.00306. The number of hydrogen-bond donors (Lipinski definition) is 1. The van der Waals surface area contributed by atoms with Crippen molar-refractivity contribution in [3.8, 4) is 0 Å². The first-order chi connectivity index (χ1) is 12.0. The van der Waals surface area contributed by atoms with Crippen LogP contribution in [0.1, 0.15) is 0 Å². The third kappa shape index (κ3) is 7.60. The van der Waals surface area contributed by atoms with Gasteiger partial charge in [0.15, 0.2) is 0 Å². The highest BCUT2D eigenvalue weighted by Gasteiger charge is 2.12. The van der Waals surface area contributed by atoms with E-state index in [-0.39, 0.29) is 11.6 Å². The van der Waals surface area contributed by atoms with Crippen LogP contribution in [0.4, 0.5) is 5.69 Å². The normalized spacial score (nSPS) is 14.6. The smallest absolute Gasteiger partial charge is 0.302 e. The second-order valence-electron chi connectivity index (χ2n) is 4.73. The van der Waals surface area contributed by atoms with E-state index in [1.54, 1.807) is 29.2 Å². The number of carbonyl (C=O) groups excluding carboxylic acids is 1. The van der Waals surface area contributed by atoms with Gasteiger partial charge in [-0.15, -0.1) is 0 Å². The number of allylic oxidation sites excluding steroid dienone is 1. The molecule has 1 aliphatic heterocycles. The first kappa shape index (κ1) is 20.3. The fraction of sp³-hybridized carbons (Fsp3) is 0.250. The second-order valence-corrected chi connectivity index (χ2v) is 5.16. The van der Waals surface area contributed by atoms with Crippen molar-refractivity contribution in [2.75, 3.05) is 26.3 Å². The highest BCUT2D eigenvalue weighted by atomic mass is 35.5. The Bertz CT molecular complexity index is 670. The quantitative estimate of drug-likeness (QED) is 0.380. The van der Waals surface area contributed by atoms with Crippen molar-refractivity contribution in [3.63, 3.8) is 0 Å². The Kier molecular flexibility index (Phi) is 8.91. The molecule has 1 aromatic rings. The standard InChI is InChI=1S/C9H8ClN3O2.C7H11NO2/c10-7-2-1-3-8(4-7)12-6-9(5-11)13(14)15;1-2-7(9)8-3-5-10-6-4-8/h1-6H,11H2;2H,1,3-6H2/b9-5+,12-6?;.